The van der Waals surface area contributed by atoms with Gasteiger partial charge in [-0.05, 0) is 32.0 Å². The number of methoxy groups -OCH3 is 2. The standard InChI is InChI=1S/C23H32N2O4/c1-4-25(17-18-11-7-8-12-22(18)28-2)14-10-6-5-9-13-24-19-15-21(27)23(29-3)16-20(19)26/h7-8,11-12,16H,4-6,9-10,13-15,17H2,1-3H3. The predicted octanol–water partition coefficient (Wildman–Crippen LogP) is 3.59. The van der Waals surface area contributed by atoms with E-state index >= 15 is 0 Å². The molecule has 0 atom stereocenters. The highest BCUT2D eigenvalue weighted by molar-refractivity contribution is 6.49. The number of hydrogen-bond acceptors (Lipinski definition) is 6. The summed E-state index contributed by atoms with van der Waals surface area (Å²) in [6.07, 6.45) is 5.51. The number of ketones is 2. The van der Waals surface area contributed by atoms with E-state index in [2.05, 4.69) is 22.9 Å². The molecule has 6 nitrogen and oxygen atoms in total. The maximum Gasteiger partial charge on any atom is 0.203 e. The average molecular weight is 401 g/mol. The number of benzene rings is 1. The number of nitrogens with zero attached hydrogens (tertiary/aromatic N) is 2. The van der Waals surface area contributed by atoms with Crippen LogP contribution in [0.1, 0.15) is 44.6 Å². The molecule has 2 rings (SSSR count). The zero-order valence-electron chi connectivity index (χ0n) is 17.8. The van der Waals surface area contributed by atoms with Gasteiger partial charge < -0.3 is 9.47 Å². The Morgan fingerprint density at radius 3 is 2.52 bits per heavy atom. The molecule has 6 heteroatoms. The summed E-state index contributed by atoms with van der Waals surface area (Å²) in [5.74, 6) is 0.674. The van der Waals surface area contributed by atoms with Crippen LogP contribution in [0.2, 0.25) is 0 Å². The molecule has 0 bridgehead atoms. The van der Waals surface area contributed by atoms with E-state index in [0.29, 0.717) is 12.3 Å². The molecule has 1 aromatic rings. The van der Waals surface area contributed by atoms with Gasteiger partial charge in [0, 0.05) is 24.7 Å². The van der Waals surface area contributed by atoms with Crippen LogP contribution in [0.15, 0.2) is 41.1 Å². The molecule has 0 radical (unpaired) electrons. The zero-order valence-corrected chi connectivity index (χ0v) is 17.8. The normalized spacial score (nSPS) is 15.7. The van der Waals surface area contributed by atoms with Crippen molar-refractivity contribution in [3.8, 4) is 5.75 Å². The molecule has 0 amide bonds. The third-order valence-corrected chi connectivity index (χ3v) is 5.09. The Bertz CT molecular complexity index is 755. The highest BCUT2D eigenvalue weighted by atomic mass is 16.5. The average Bonchev–Trinajstić information content (AvgIpc) is 2.74. The van der Waals surface area contributed by atoms with Crippen LogP contribution in [0.3, 0.4) is 0 Å². The van der Waals surface area contributed by atoms with Crippen molar-refractivity contribution < 1.29 is 19.1 Å². The maximum atomic E-state index is 11.9. The lowest BCUT2D eigenvalue weighted by Crippen LogP contribution is -2.25. The molecule has 0 unspecified atom stereocenters. The number of unbranched alkanes of at least 4 members (excludes halogenated alkanes) is 3. The quantitative estimate of drug-likeness (QED) is 0.502. The van der Waals surface area contributed by atoms with Crippen molar-refractivity contribution in [1.82, 2.24) is 4.90 Å². The molecule has 0 aromatic heterocycles. The lowest BCUT2D eigenvalue weighted by Gasteiger charge is -2.21. The number of para-hydroxylation sites is 1. The molecule has 1 aromatic carbocycles. The lowest BCUT2D eigenvalue weighted by atomic mass is 10.0. The fraction of sp³-hybridized carbons (Fsp3) is 0.522. The molecule has 1 aliphatic carbocycles. The van der Waals surface area contributed by atoms with Gasteiger partial charge in [-0.15, -0.1) is 0 Å². The number of carbonyl (C=O) groups is 2. The van der Waals surface area contributed by atoms with E-state index in [1.54, 1.807) is 7.11 Å². The molecular weight excluding hydrogens is 368 g/mol. The Morgan fingerprint density at radius 2 is 1.79 bits per heavy atom. The Morgan fingerprint density at radius 1 is 1.03 bits per heavy atom. The first-order valence-corrected chi connectivity index (χ1v) is 10.3. The van der Waals surface area contributed by atoms with Crippen molar-refractivity contribution in [2.75, 3.05) is 33.9 Å². The van der Waals surface area contributed by atoms with Crippen molar-refractivity contribution in [3.05, 3.63) is 41.7 Å². The summed E-state index contributed by atoms with van der Waals surface area (Å²) in [4.78, 5) is 30.5. The Hall–Kier alpha value is -2.47. The van der Waals surface area contributed by atoms with Gasteiger partial charge in [0.1, 0.15) is 5.75 Å². The molecule has 0 saturated heterocycles. The summed E-state index contributed by atoms with van der Waals surface area (Å²) < 4.78 is 10.3. The van der Waals surface area contributed by atoms with Crippen LogP contribution in [0.4, 0.5) is 0 Å². The maximum absolute atomic E-state index is 11.9. The Kier molecular flexibility index (Phi) is 9.57. The van der Waals surface area contributed by atoms with Gasteiger partial charge in [-0.1, -0.05) is 38.0 Å². The summed E-state index contributed by atoms with van der Waals surface area (Å²) in [6, 6.07) is 8.15. The number of hydrogen-bond donors (Lipinski definition) is 0. The molecule has 0 fully saturated rings. The van der Waals surface area contributed by atoms with E-state index in [4.69, 9.17) is 9.47 Å². The zero-order chi connectivity index (χ0) is 21.1. The minimum Gasteiger partial charge on any atom is -0.496 e. The minimum atomic E-state index is -0.212. The van der Waals surface area contributed by atoms with Crippen LogP contribution in [0.25, 0.3) is 0 Å². The molecule has 0 heterocycles. The molecule has 158 valence electrons. The van der Waals surface area contributed by atoms with Crippen molar-refractivity contribution in [1.29, 1.82) is 0 Å². The second kappa shape index (κ2) is 12.2. The van der Waals surface area contributed by atoms with E-state index < -0.39 is 0 Å². The minimum absolute atomic E-state index is 0.0485. The van der Waals surface area contributed by atoms with E-state index in [1.165, 1.54) is 18.7 Å². The van der Waals surface area contributed by atoms with Crippen LogP contribution in [0.5, 0.6) is 5.75 Å². The van der Waals surface area contributed by atoms with E-state index in [0.717, 1.165) is 51.1 Å². The number of Topliss-reactive ketones (excluding diaryl/α,β-unsaturated/α-hetero) is 1. The number of aliphatic imine (C=N–C) groups is 1. The molecule has 29 heavy (non-hydrogen) atoms. The number of allylic oxidation sites excluding steroid dienone is 2. The second-order valence-electron chi connectivity index (χ2n) is 7.10. The highest BCUT2D eigenvalue weighted by Gasteiger charge is 2.24. The van der Waals surface area contributed by atoms with Crippen LogP contribution in [0, 0.1) is 0 Å². The predicted molar refractivity (Wildman–Crippen MR) is 114 cm³/mol. The summed E-state index contributed by atoms with van der Waals surface area (Å²) in [5.41, 5.74) is 1.56. The van der Waals surface area contributed by atoms with Crippen molar-refractivity contribution in [2.45, 2.75) is 45.6 Å². The summed E-state index contributed by atoms with van der Waals surface area (Å²) in [6.45, 7) is 5.70. The fourth-order valence-corrected chi connectivity index (χ4v) is 3.35. The topological polar surface area (TPSA) is 68.2 Å². The van der Waals surface area contributed by atoms with Gasteiger partial charge in [0.05, 0.1) is 26.4 Å². The van der Waals surface area contributed by atoms with Gasteiger partial charge in [0.25, 0.3) is 0 Å². The van der Waals surface area contributed by atoms with Gasteiger partial charge in [-0.25, -0.2) is 0 Å². The second-order valence-corrected chi connectivity index (χ2v) is 7.10. The molecule has 1 aliphatic rings. The third kappa shape index (κ3) is 7.13. The Balaban J connectivity index is 1.67. The van der Waals surface area contributed by atoms with Crippen LogP contribution < -0.4 is 4.74 Å². The van der Waals surface area contributed by atoms with Crippen LogP contribution in [-0.2, 0) is 20.9 Å². The monoisotopic (exact) mass is 400 g/mol. The first-order chi connectivity index (χ1) is 14.1. The van der Waals surface area contributed by atoms with Crippen molar-refractivity contribution in [3.63, 3.8) is 0 Å². The lowest BCUT2D eigenvalue weighted by molar-refractivity contribution is -0.119. The van der Waals surface area contributed by atoms with E-state index in [-0.39, 0.29) is 23.7 Å². The molecule has 0 aliphatic heterocycles. The van der Waals surface area contributed by atoms with Gasteiger partial charge in [-0.2, -0.15) is 0 Å². The first-order valence-electron chi connectivity index (χ1n) is 10.3. The summed E-state index contributed by atoms with van der Waals surface area (Å²) in [7, 11) is 3.11. The van der Waals surface area contributed by atoms with Gasteiger partial charge in [0.2, 0.25) is 11.6 Å². The van der Waals surface area contributed by atoms with Crippen molar-refractivity contribution >= 4 is 17.3 Å². The summed E-state index contributed by atoms with van der Waals surface area (Å²) >= 11 is 0. The number of rotatable bonds is 12. The number of carbonyl (C=O) groups excluding carboxylic acids is 2. The van der Waals surface area contributed by atoms with Gasteiger partial charge in [-0.3, -0.25) is 19.5 Å². The summed E-state index contributed by atoms with van der Waals surface area (Å²) in [5, 5.41) is 0. The first kappa shape index (κ1) is 22.8. The molecular formula is C23H32N2O4. The third-order valence-electron chi connectivity index (χ3n) is 5.09. The van der Waals surface area contributed by atoms with E-state index in [9.17, 15) is 9.59 Å². The van der Waals surface area contributed by atoms with Crippen LogP contribution in [-0.4, -0.2) is 56.0 Å². The largest absolute Gasteiger partial charge is 0.496 e. The fourth-order valence-electron chi connectivity index (χ4n) is 3.35. The van der Waals surface area contributed by atoms with Gasteiger partial charge >= 0.3 is 0 Å². The highest BCUT2D eigenvalue weighted by Crippen LogP contribution is 2.19. The SMILES string of the molecule is CCN(CCCCCCN=C1CC(=O)C(OC)=CC1=O)Cc1ccccc1OC. The van der Waals surface area contributed by atoms with E-state index in [1.807, 2.05) is 18.2 Å². The molecule has 0 saturated carbocycles. The molecule has 0 spiro atoms. The van der Waals surface area contributed by atoms with Gasteiger partial charge in [0.15, 0.2) is 5.76 Å². The Labute approximate surface area is 173 Å². The smallest absolute Gasteiger partial charge is 0.203 e. The number of ether oxygens (including phenoxy) is 2. The van der Waals surface area contributed by atoms with Crippen molar-refractivity contribution in [2.24, 2.45) is 4.99 Å². The van der Waals surface area contributed by atoms with Crippen LogP contribution >= 0.6 is 0 Å². The molecule has 0 N–H and O–H groups in total.